The molecule has 2 aromatic carbocycles. The van der Waals surface area contributed by atoms with Crippen LogP contribution in [0.2, 0.25) is 0 Å². The molecule has 0 saturated carbocycles. The molecule has 2 heterocycles. The van der Waals surface area contributed by atoms with E-state index in [1.165, 1.54) is 6.07 Å². The maximum Gasteiger partial charge on any atom is 0.485 e. The molecule has 0 aliphatic carbocycles. The van der Waals surface area contributed by atoms with Gasteiger partial charge in [-0.1, -0.05) is 24.1 Å². The number of ether oxygens (including phenoxy) is 1. The van der Waals surface area contributed by atoms with E-state index in [4.69, 9.17) is 23.6 Å². The summed E-state index contributed by atoms with van der Waals surface area (Å²) in [5.74, 6) is 7.04. The Morgan fingerprint density at radius 1 is 1.11 bits per heavy atom. The summed E-state index contributed by atoms with van der Waals surface area (Å²) in [6.45, 7) is 2.16. The number of hydrogen-bond donors (Lipinski definition) is 2. The summed E-state index contributed by atoms with van der Waals surface area (Å²) >= 11 is 0. The van der Waals surface area contributed by atoms with Crippen molar-refractivity contribution in [2.75, 3.05) is 13.0 Å². The fourth-order valence-corrected chi connectivity index (χ4v) is 3.64. The number of rotatable bonds is 5. The molecule has 2 aromatic heterocycles. The molecule has 0 bridgehead atoms. The van der Waals surface area contributed by atoms with Crippen LogP contribution in [0.15, 0.2) is 48.7 Å². The molecule has 12 heteroatoms. The molecule has 7 nitrogen and oxygen atoms in total. The number of nitrogens with two attached hydrogens (primary N) is 1. The van der Waals surface area contributed by atoms with Crippen molar-refractivity contribution in [3.05, 3.63) is 60.2 Å². The van der Waals surface area contributed by atoms with Crippen LogP contribution in [-0.2, 0) is 16.5 Å². The quantitative estimate of drug-likeness (QED) is 0.134. The Balaban J connectivity index is 0.000000371. The molecule has 188 valence electrons. The molecule has 0 fully saturated rings. The molecule has 4 aromatic rings. The van der Waals surface area contributed by atoms with Crippen molar-refractivity contribution in [1.29, 1.82) is 0 Å². The number of aryl methyl sites for hydroxylation is 1. The number of pyridine rings is 1. The maximum absolute atomic E-state index is 14.0. The number of alkyl halides is 3. The molecule has 0 spiro atoms. The van der Waals surface area contributed by atoms with Crippen LogP contribution in [0.25, 0.3) is 32.9 Å². The van der Waals surface area contributed by atoms with Crippen molar-refractivity contribution in [1.82, 2.24) is 4.98 Å². The van der Waals surface area contributed by atoms with Gasteiger partial charge >= 0.3 is 5.51 Å². The van der Waals surface area contributed by atoms with Gasteiger partial charge in [0.05, 0.1) is 18.1 Å². The Morgan fingerprint density at radius 3 is 2.40 bits per heavy atom. The van der Waals surface area contributed by atoms with Crippen LogP contribution in [0.5, 0.6) is 5.75 Å². The minimum absolute atomic E-state index is 0.272. The summed E-state index contributed by atoms with van der Waals surface area (Å²) in [4.78, 5) is 3.29. The number of nitrogen functional groups attached to an aromatic ring is 1. The molecule has 0 aliphatic heterocycles. The molecule has 0 unspecified atom stereocenters. The molecule has 0 atom stereocenters. The fraction of sp³-hybridized carbons (Fsp3) is 0.261. The Labute approximate surface area is 198 Å². The van der Waals surface area contributed by atoms with Crippen molar-refractivity contribution in [3.8, 4) is 17.0 Å². The normalized spacial score (nSPS) is 12.0. The zero-order chi connectivity index (χ0) is 26.0. The summed E-state index contributed by atoms with van der Waals surface area (Å²) in [6.07, 6.45) is 4.94. The molecule has 3 N–H and O–H groups in total. The van der Waals surface area contributed by atoms with Gasteiger partial charge in [0.25, 0.3) is 5.69 Å². The van der Waals surface area contributed by atoms with Crippen LogP contribution < -0.4 is 15.3 Å². The summed E-state index contributed by atoms with van der Waals surface area (Å²) in [7, 11) is -4.45. The van der Waals surface area contributed by atoms with Crippen molar-refractivity contribution < 1.29 is 39.9 Å². The van der Waals surface area contributed by atoms with Gasteiger partial charge in [-0.05, 0) is 36.1 Å². The second-order valence-electron chi connectivity index (χ2n) is 7.70. The predicted octanol–water partition coefficient (Wildman–Crippen LogP) is 4.53. The lowest BCUT2D eigenvalue weighted by Crippen LogP contribution is -2.50. The second kappa shape index (κ2) is 10.1. The van der Waals surface area contributed by atoms with Crippen molar-refractivity contribution in [3.63, 3.8) is 0 Å². The molecule has 0 amide bonds. The van der Waals surface area contributed by atoms with Gasteiger partial charge in [0.2, 0.25) is 5.69 Å². The lowest BCUT2D eigenvalue weighted by molar-refractivity contribution is -0.634. The summed E-state index contributed by atoms with van der Waals surface area (Å²) in [5, 5.41) is 2.81. The van der Waals surface area contributed by atoms with Crippen LogP contribution in [-0.4, -0.2) is 30.6 Å². The third kappa shape index (κ3) is 5.65. The number of aromatic nitrogens is 2. The highest BCUT2D eigenvalue weighted by Crippen LogP contribution is 2.33. The Kier molecular flexibility index (Phi) is 7.56. The topological polar surface area (TPSA) is 112 Å². The van der Waals surface area contributed by atoms with Gasteiger partial charge < -0.3 is 14.3 Å². The van der Waals surface area contributed by atoms with Gasteiger partial charge in [-0.15, -0.1) is 0 Å². The van der Waals surface area contributed by atoms with Gasteiger partial charge in [0, 0.05) is 35.7 Å². The second-order valence-corrected chi connectivity index (χ2v) is 9.07. The molecule has 0 radical (unpaired) electrons. The first kappa shape index (κ1) is 26.2. The number of unbranched alkanes of at least 4 members (excludes halogenated alkanes) is 1. The molecular formula is C23H23F4N3O4S. The van der Waals surface area contributed by atoms with Crippen LogP contribution in [0.1, 0.15) is 25.5 Å². The zero-order valence-electron chi connectivity index (χ0n) is 18.8. The van der Waals surface area contributed by atoms with Crippen LogP contribution in [0.4, 0.5) is 17.6 Å². The van der Waals surface area contributed by atoms with E-state index < -0.39 is 15.6 Å². The van der Waals surface area contributed by atoms with Gasteiger partial charge in [-0.3, -0.25) is 0 Å². The highest BCUT2D eigenvalue weighted by Gasteiger charge is 2.37. The first-order valence-corrected chi connectivity index (χ1v) is 11.9. The summed E-state index contributed by atoms with van der Waals surface area (Å²) in [5.41, 5.74) is -1.90. The number of aromatic amines is 1. The van der Waals surface area contributed by atoms with Crippen LogP contribution >= 0.6 is 0 Å². The number of benzene rings is 2. The standard InChI is InChI=1S/C22H22FN3O.CHF3O3S/c1-3-4-5-16-10-14-6-7-15(23)11-19(14)22(26(16)24)20-13-25-21-12-17(27-2)8-9-18(20)21;2-1(3,4)8(5,6)7/h6-13H,3-5,24H2,1-2H3;(H,5,6,7). The van der Waals surface area contributed by atoms with Crippen molar-refractivity contribution in [2.45, 2.75) is 31.7 Å². The minimum Gasteiger partial charge on any atom is -0.741 e. The van der Waals surface area contributed by atoms with E-state index in [-0.39, 0.29) is 5.82 Å². The van der Waals surface area contributed by atoms with Gasteiger partial charge in [0.1, 0.15) is 11.6 Å². The highest BCUT2D eigenvalue weighted by molar-refractivity contribution is 7.86. The van der Waals surface area contributed by atoms with E-state index in [0.717, 1.165) is 63.6 Å². The lowest BCUT2D eigenvalue weighted by atomic mass is 10.0. The molecule has 0 saturated heterocycles. The van der Waals surface area contributed by atoms with Crippen molar-refractivity contribution >= 4 is 31.8 Å². The molecule has 0 aliphatic rings. The predicted molar refractivity (Wildman–Crippen MR) is 122 cm³/mol. The monoisotopic (exact) mass is 513 g/mol. The Morgan fingerprint density at radius 2 is 1.80 bits per heavy atom. The number of fused-ring (bicyclic) bond motifs is 2. The van der Waals surface area contributed by atoms with Gasteiger partial charge in [0.15, 0.2) is 10.1 Å². The summed E-state index contributed by atoms with van der Waals surface area (Å²) < 4.78 is 80.0. The maximum atomic E-state index is 14.0. The van der Waals surface area contributed by atoms with E-state index >= 15 is 0 Å². The number of methoxy groups -OCH3 is 1. The third-order valence-electron chi connectivity index (χ3n) is 5.36. The summed E-state index contributed by atoms with van der Waals surface area (Å²) in [6, 6.07) is 12.8. The van der Waals surface area contributed by atoms with Crippen molar-refractivity contribution in [2.24, 2.45) is 0 Å². The number of nitrogens with zero attached hydrogens (tertiary/aromatic N) is 1. The molecule has 4 rings (SSSR count). The fourth-order valence-electron chi connectivity index (χ4n) is 3.64. The Hall–Kier alpha value is -3.38. The molecule has 35 heavy (non-hydrogen) atoms. The number of H-pyrrole nitrogens is 1. The number of halogens is 4. The largest absolute Gasteiger partial charge is 0.741 e. The van der Waals surface area contributed by atoms with E-state index in [9.17, 15) is 17.6 Å². The highest BCUT2D eigenvalue weighted by atomic mass is 32.2. The number of hydrogen-bond acceptors (Lipinski definition) is 5. The van der Waals surface area contributed by atoms with Gasteiger partial charge in [-0.25, -0.2) is 18.7 Å². The molecular weight excluding hydrogens is 490 g/mol. The zero-order valence-corrected chi connectivity index (χ0v) is 19.6. The average molecular weight is 514 g/mol. The van der Waals surface area contributed by atoms with Gasteiger partial charge in [-0.2, -0.15) is 13.2 Å². The first-order chi connectivity index (χ1) is 16.4. The van der Waals surface area contributed by atoms with Crippen LogP contribution in [0, 0.1) is 5.82 Å². The lowest BCUT2D eigenvalue weighted by Gasteiger charge is -2.08. The first-order valence-electron chi connectivity index (χ1n) is 10.5. The van der Waals surface area contributed by atoms with Crippen LogP contribution in [0.3, 0.4) is 0 Å². The van der Waals surface area contributed by atoms with E-state index in [2.05, 4.69) is 18.0 Å². The SMILES string of the molecule is CCCCc1cc2ccc(F)cc2c(-c2c[nH]c3cc(OC)ccc23)[n+]1N.O=S(=O)([O-])C(F)(F)F. The Bertz CT molecular complexity index is 1470. The third-order valence-corrected chi connectivity index (χ3v) is 5.92. The minimum atomic E-state index is -6.09. The van der Waals surface area contributed by atoms with E-state index in [1.54, 1.807) is 17.9 Å². The number of nitrogens with one attached hydrogen (secondary N) is 1. The average Bonchev–Trinajstić information content (AvgIpc) is 3.19. The van der Waals surface area contributed by atoms with E-state index in [0.29, 0.717) is 0 Å². The van der Waals surface area contributed by atoms with E-state index in [1.807, 2.05) is 30.5 Å². The smallest absolute Gasteiger partial charge is 0.485 e.